The van der Waals surface area contributed by atoms with Gasteiger partial charge >= 0.3 is 0 Å². The lowest BCUT2D eigenvalue weighted by atomic mass is 10.4. The number of carbonyl (C=O) groups excluding carboxylic acids is 1. The second-order valence-corrected chi connectivity index (χ2v) is 3.39. The van der Waals surface area contributed by atoms with Gasteiger partial charge in [0, 0.05) is 19.5 Å². The van der Waals surface area contributed by atoms with Crippen molar-refractivity contribution in [3.05, 3.63) is 25.3 Å². The van der Waals surface area contributed by atoms with Crippen molar-refractivity contribution in [2.45, 2.75) is 26.7 Å². The SMILES string of the molecule is C=CCNC(=O)CC.C=CCNC(=S)CC. The van der Waals surface area contributed by atoms with Gasteiger partial charge in [-0.25, -0.2) is 0 Å². The van der Waals surface area contributed by atoms with Crippen molar-refractivity contribution in [1.29, 1.82) is 0 Å². The average Bonchev–Trinajstić information content (AvgIpc) is 2.33. The van der Waals surface area contributed by atoms with Crippen molar-refractivity contribution >= 4 is 23.1 Å². The number of nitrogens with one attached hydrogen (secondary N) is 2. The molecule has 0 bridgehead atoms. The maximum Gasteiger partial charge on any atom is 0.219 e. The van der Waals surface area contributed by atoms with E-state index in [-0.39, 0.29) is 5.91 Å². The molecule has 0 aliphatic rings. The summed E-state index contributed by atoms with van der Waals surface area (Å²) in [5.41, 5.74) is 0. The molecule has 2 N–H and O–H groups in total. The normalized spacial score (nSPS) is 8.12. The van der Waals surface area contributed by atoms with Gasteiger partial charge in [0.25, 0.3) is 0 Å². The van der Waals surface area contributed by atoms with Gasteiger partial charge in [0.2, 0.25) is 5.91 Å². The summed E-state index contributed by atoms with van der Waals surface area (Å²) in [5, 5.41) is 5.62. The van der Waals surface area contributed by atoms with Crippen LogP contribution >= 0.6 is 12.2 Å². The molecule has 92 valence electrons. The number of rotatable bonds is 6. The van der Waals surface area contributed by atoms with Gasteiger partial charge in [-0.2, -0.15) is 0 Å². The molecule has 0 heterocycles. The fourth-order valence-corrected chi connectivity index (χ4v) is 0.705. The second-order valence-electron chi connectivity index (χ2n) is 2.89. The van der Waals surface area contributed by atoms with E-state index in [1.807, 2.05) is 13.8 Å². The van der Waals surface area contributed by atoms with Gasteiger partial charge in [-0.3, -0.25) is 4.79 Å². The van der Waals surface area contributed by atoms with Crippen molar-refractivity contribution in [2.24, 2.45) is 0 Å². The van der Waals surface area contributed by atoms with Crippen LogP contribution in [0.4, 0.5) is 0 Å². The lowest BCUT2D eigenvalue weighted by Crippen LogP contribution is -2.21. The Balaban J connectivity index is 0. The van der Waals surface area contributed by atoms with E-state index in [0.29, 0.717) is 13.0 Å². The number of amides is 1. The van der Waals surface area contributed by atoms with Crippen LogP contribution in [0, 0.1) is 0 Å². The molecule has 0 atom stereocenters. The van der Waals surface area contributed by atoms with E-state index in [1.165, 1.54) is 0 Å². The lowest BCUT2D eigenvalue weighted by molar-refractivity contribution is -0.120. The predicted molar refractivity (Wildman–Crippen MR) is 74.6 cm³/mol. The molecule has 16 heavy (non-hydrogen) atoms. The van der Waals surface area contributed by atoms with E-state index in [2.05, 4.69) is 23.8 Å². The van der Waals surface area contributed by atoms with Crippen molar-refractivity contribution in [3.63, 3.8) is 0 Å². The molecule has 0 spiro atoms. The largest absolute Gasteiger partial charge is 0.376 e. The minimum absolute atomic E-state index is 0.0740. The summed E-state index contributed by atoms with van der Waals surface area (Å²) in [4.78, 5) is 11.3. The molecular weight excluding hydrogens is 220 g/mol. The van der Waals surface area contributed by atoms with Crippen LogP contribution < -0.4 is 10.6 Å². The molecule has 3 nitrogen and oxygen atoms in total. The van der Waals surface area contributed by atoms with Gasteiger partial charge in [-0.15, -0.1) is 13.2 Å². The third-order valence-electron chi connectivity index (χ3n) is 1.53. The Kier molecular flexibility index (Phi) is 14.9. The molecule has 0 aliphatic heterocycles. The molecule has 0 fully saturated rings. The summed E-state index contributed by atoms with van der Waals surface area (Å²) in [6, 6.07) is 0. The van der Waals surface area contributed by atoms with Crippen LogP contribution in [0.3, 0.4) is 0 Å². The number of carbonyl (C=O) groups is 1. The highest BCUT2D eigenvalue weighted by molar-refractivity contribution is 7.80. The number of thiocarbonyl (C=S) groups is 1. The lowest BCUT2D eigenvalue weighted by Gasteiger charge is -1.98. The predicted octanol–water partition coefficient (Wildman–Crippen LogP) is 2.20. The van der Waals surface area contributed by atoms with E-state index in [1.54, 1.807) is 12.2 Å². The minimum Gasteiger partial charge on any atom is -0.376 e. The molecule has 0 aromatic heterocycles. The first-order valence-electron chi connectivity index (χ1n) is 5.37. The van der Waals surface area contributed by atoms with Crippen molar-refractivity contribution in [2.75, 3.05) is 13.1 Å². The van der Waals surface area contributed by atoms with Gasteiger partial charge < -0.3 is 10.6 Å². The molecule has 0 unspecified atom stereocenters. The third-order valence-corrected chi connectivity index (χ3v) is 1.96. The Bertz CT molecular complexity index is 203. The molecule has 0 radical (unpaired) electrons. The molecule has 0 aliphatic carbocycles. The van der Waals surface area contributed by atoms with Crippen LogP contribution in [0.2, 0.25) is 0 Å². The Labute approximate surface area is 104 Å². The van der Waals surface area contributed by atoms with Gasteiger partial charge in [0.05, 0.1) is 4.99 Å². The van der Waals surface area contributed by atoms with E-state index in [0.717, 1.165) is 18.0 Å². The Morgan fingerprint density at radius 2 is 1.62 bits per heavy atom. The summed E-state index contributed by atoms with van der Waals surface area (Å²) in [7, 11) is 0. The smallest absolute Gasteiger partial charge is 0.219 e. The summed E-state index contributed by atoms with van der Waals surface area (Å²) in [6.07, 6.45) is 4.92. The van der Waals surface area contributed by atoms with Crippen LogP contribution in [0.15, 0.2) is 25.3 Å². The summed E-state index contributed by atoms with van der Waals surface area (Å²) in [5.74, 6) is 0.0740. The first-order chi connectivity index (χ1) is 7.62. The van der Waals surface area contributed by atoms with E-state index < -0.39 is 0 Å². The van der Waals surface area contributed by atoms with Crippen LogP contribution in [0.5, 0.6) is 0 Å². The number of hydrogen-bond donors (Lipinski definition) is 2. The van der Waals surface area contributed by atoms with E-state index in [9.17, 15) is 4.79 Å². The van der Waals surface area contributed by atoms with Crippen LogP contribution in [-0.2, 0) is 4.79 Å². The summed E-state index contributed by atoms with van der Waals surface area (Å²) >= 11 is 4.86. The molecule has 0 aromatic carbocycles. The van der Waals surface area contributed by atoms with Crippen molar-refractivity contribution < 1.29 is 4.79 Å². The van der Waals surface area contributed by atoms with E-state index in [4.69, 9.17) is 12.2 Å². The van der Waals surface area contributed by atoms with Gasteiger partial charge in [0.1, 0.15) is 0 Å². The average molecular weight is 242 g/mol. The molecule has 1 amide bonds. The van der Waals surface area contributed by atoms with Crippen molar-refractivity contribution in [3.8, 4) is 0 Å². The highest BCUT2D eigenvalue weighted by Gasteiger charge is 1.89. The first-order valence-corrected chi connectivity index (χ1v) is 5.78. The Morgan fingerprint density at radius 3 is 2.00 bits per heavy atom. The Hall–Kier alpha value is -1.16. The summed E-state index contributed by atoms with van der Waals surface area (Å²) in [6.45, 7) is 12.2. The molecule has 0 saturated carbocycles. The molecule has 0 saturated heterocycles. The fraction of sp³-hybridized carbons (Fsp3) is 0.500. The van der Waals surface area contributed by atoms with Crippen LogP contribution in [-0.4, -0.2) is 24.0 Å². The van der Waals surface area contributed by atoms with Gasteiger partial charge in [0.15, 0.2) is 0 Å². The Morgan fingerprint density at radius 1 is 1.12 bits per heavy atom. The molecule has 0 aromatic rings. The zero-order valence-electron chi connectivity index (χ0n) is 10.2. The molecule has 4 heteroatoms. The maximum atomic E-state index is 10.4. The molecule has 0 rings (SSSR count). The second kappa shape index (κ2) is 13.8. The van der Waals surface area contributed by atoms with Crippen molar-refractivity contribution in [1.82, 2.24) is 10.6 Å². The highest BCUT2D eigenvalue weighted by atomic mass is 32.1. The molecular formula is C12H22N2OS. The number of hydrogen-bond acceptors (Lipinski definition) is 2. The topological polar surface area (TPSA) is 41.1 Å². The van der Waals surface area contributed by atoms with E-state index >= 15 is 0 Å². The van der Waals surface area contributed by atoms with Crippen LogP contribution in [0.25, 0.3) is 0 Å². The monoisotopic (exact) mass is 242 g/mol. The van der Waals surface area contributed by atoms with Crippen LogP contribution in [0.1, 0.15) is 26.7 Å². The quantitative estimate of drug-likeness (QED) is 0.554. The third kappa shape index (κ3) is 15.3. The zero-order valence-corrected chi connectivity index (χ0v) is 11.0. The maximum absolute atomic E-state index is 10.4. The first kappa shape index (κ1) is 17.2. The highest BCUT2D eigenvalue weighted by Crippen LogP contribution is 1.77. The zero-order chi connectivity index (χ0) is 12.8. The minimum atomic E-state index is 0.0740. The summed E-state index contributed by atoms with van der Waals surface area (Å²) < 4.78 is 0. The standard InChI is InChI=1S/C6H11NO.C6H11NS/c2*1-3-5-7-6(8)4-2/h2*3H,1,4-5H2,2H3,(H,7,8). The fourth-order valence-electron chi connectivity index (χ4n) is 0.622. The van der Waals surface area contributed by atoms with Gasteiger partial charge in [-0.1, -0.05) is 38.2 Å². The van der Waals surface area contributed by atoms with Gasteiger partial charge in [-0.05, 0) is 6.42 Å².